The van der Waals surface area contributed by atoms with Crippen molar-refractivity contribution < 1.29 is 9.22 Å². The van der Waals surface area contributed by atoms with Gasteiger partial charge in [0.25, 0.3) is 0 Å². The van der Waals surface area contributed by atoms with Crippen LogP contribution in [-0.2, 0) is 9.22 Å². The maximum absolute atomic E-state index is 12.9. The van der Waals surface area contributed by atoms with Crippen LogP contribution in [-0.4, -0.2) is 32.4 Å². The predicted molar refractivity (Wildman–Crippen MR) is 113 cm³/mol. The molecule has 1 fully saturated rings. The Bertz CT molecular complexity index is 443. The van der Waals surface area contributed by atoms with Gasteiger partial charge in [-0.25, -0.2) is 0 Å². The van der Waals surface area contributed by atoms with Crippen molar-refractivity contribution in [3.8, 4) is 0 Å². The Morgan fingerprint density at radius 3 is 2.84 bits per heavy atom. The van der Waals surface area contributed by atoms with Crippen LogP contribution in [0, 0.1) is 17.3 Å². The molecule has 1 saturated heterocycles. The first-order valence-corrected chi connectivity index (χ1v) is 13.5. The lowest BCUT2D eigenvalue weighted by Gasteiger charge is -2.39. The van der Waals surface area contributed by atoms with Gasteiger partial charge in [-0.1, -0.05) is 52.7 Å². The maximum atomic E-state index is 12.9. The first kappa shape index (κ1) is 21.2. The Labute approximate surface area is 161 Å². The number of ketones is 1. The number of carbonyl (C=O) groups is 1. The van der Waals surface area contributed by atoms with Crippen molar-refractivity contribution >= 4 is 26.6 Å². The molecule has 0 aromatic carbocycles. The summed E-state index contributed by atoms with van der Waals surface area (Å²) in [5.74, 6) is 2.24. The molecule has 25 heavy (non-hydrogen) atoms. The van der Waals surface area contributed by atoms with Crippen LogP contribution < -0.4 is 0 Å². The summed E-state index contributed by atoms with van der Waals surface area (Å²) in [7, 11) is -0.828. The molecule has 2 rings (SSSR count). The summed E-state index contributed by atoms with van der Waals surface area (Å²) in [6.07, 6.45) is 11.5. The Morgan fingerprint density at radius 1 is 1.36 bits per heavy atom. The number of hydrogen-bond donors (Lipinski definition) is 0. The smallest absolute Gasteiger partial charge is 0.176 e. The van der Waals surface area contributed by atoms with Crippen molar-refractivity contribution in [3.05, 3.63) is 12.2 Å². The summed E-state index contributed by atoms with van der Waals surface area (Å²) in [5, 5.41) is 0.449. The van der Waals surface area contributed by atoms with Crippen molar-refractivity contribution in [2.45, 2.75) is 83.6 Å². The quantitative estimate of drug-likeness (QED) is 0.294. The summed E-state index contributed by atoms with van der Waals surface area (Å²) in [5.41, 5.74) is 0.111. The molecule has 4 atom stereocenters. The topological polar surface area (TPSA) is 26.3 Å². The first-order chi connectivity index (χ1) is 11.9. The summed E-state index contributed by atoms with van der Waals surface area (Å²) in [6, 6.07) is 2.75. The maximum Gasteiger partial charge on any atom is 0.176 e. The summed E-state index contributed by atoms with van der Waals surface area (Å²) in [6.45, 7) is 9.97. The Kier molecular flexibility index (Phi) is 8.77. The third kappa shape index (κ3) is 6.87. The van der Waals surface area contributed by atoms with E-state index in [2.05, 4.69) is 39.8 Å². The van der Waals surface area contributed by atoms with Gasteiger partial charge in [-0.2, -0.15) is 11.8 Å². The lowest BCUT2D eigenvalue weighted by molar-refractivity contribution is -0.128. The molecule has 0 aromatic rings. The zero-order valence-corrected chi connectivity index (χ0v) is 18.7. The second kappa shape index (κ2) is 10.3. The Balaban J connectivity index is 1.63. The molecule has 2 nitrogen and oxygen atoms in total. The van der Waals surface area contributed by atoms with Crippen LogP contribution in [0.3, 0.4) is 0 Å². The SMILES string of the molecule is CC(CC(=O)C1C(C)C=CCC1(C)C)SCCCC[SiH]1CCCCO1. The molecule has 1 aliphatic heterocycles. The third-order valence-corrected chi connectivity index (χ3v) is 9.96. The number of allylic oxidation sites excluding steroid dienone is 2. The number of rotatable bonds is 9. The second-order valence-electron chi connectivity index (χ2n) is 8.79. The minimum Gasteiger partial charge on any atom is -0.420 e. The van der Waals surface area contributed by atoms with E-state index >= 15 is 0 Å². The highest BCUT2D eigenvalue weighted by Crippen LogP contribution is 2.42. The molecule has 0 amide bonds. The van der Waals surface area contributed by atoms with E-state index in [0.29, 0.717) is 17.0 Å². The van der Waals surface area contributed by atoms with E-state index in [1.165, 1.54) is 43.5 Å². The van der Waals surface area contributed by atoms with Crippen molar-refractivity contribution in [1.29, 1.82) is 0 Å². The summed E-state index contributed by atoms with van der Waals surface area (Å²) in [4.78, 5) is 12.9. The minimum atomic E-state index is -0.828. The molecule has 0 bridgehead atoms. The van der Waals surface area contributed by atoms with Crippen LogP contribution in [0.2, 0.25) is 12.1 Å². The summed E-state index contributed by atoms with van der Waals surface area (Å²) >= 11 is 1.99. The zero-order chi connectivity index (χ0) is 18.3. The van der Waals surface area contributed by atoms with Crippen LogP contribution >= 0.6 is 11.8 Å². The third-order valence-electron chi connectivity index (χ3n) is 5.88. The Hall–Kier alpha value is -0.0631. The average molecular weight is 383 g/mol. The molecule has 0 saturated carbocycles. The predicted octanol–water partition coefficient (Wildman–Crippen LogP) is 5.62. The van der Waals surface area contributed by atoms with Gasteiger partial charge in [0.1, 0.15) is 5.78 Å². The largest absolute Gasteiger partial charge is 0.420 e. The van der Waals surface area contributed by atoms with Crippen molar-refractivity contribution in [1.82, 2.24) is 0 Å². The van der Waals surface area contributed by atoms with Gasteiger partial charge in [0.2, 0.25) is 0 Å². The van der Waals surface area contributed by atoms with Crippen LogP contribution in [0.15, 0.2) is 12.2 Å². The van der Waals surface area contributed by atoms with Gasteiger partial charge in [0, 0.05) is 24.2 Å². The standard InChI is InChI=1S/C21H38O2SSi/c1-17-10-9-11-21(3,4)20(17)19(22)16-18(2)24-13-6-8-15-25-14-7-5-12-23-25/h9-10,17-18,20,25H,5-8,11-16H2,1-4H3. The van der Waals surface area contributed by atoms with Crippen molar-refractivity contribution in [2.75, 3.05) is 12.4 Å². The minimum absolute atomic E-state index is 0.111. The van der Waals surface area contributed by atoms with Crippen molar-refractivity contribution in [2.24, 2.45) is 17.3 Å². The number of unbranched alkanes of at least 4 members (excludes halogenated alkanes) is 1. The van der Waals surface area contributed by atoms with E-state index in [9.17, 15) is 4.79 Å². The lowest BCUT2D eigenvalue weighted by atomic mass is 9.65. The molecule has 0 N–H and O–H groups in total. The molecule has 4 unspecified atom stereocenters. The van der Waals surface area contributed by atoms with E-state index in [1.54, 1.807) is 0 Å². The molecule has 1 aliphatic carbocycles. The molecular formula is C21H38O2SSi. The molecule has 1 heterocycles. The highest BCUT2D eigenvalue weighted by atomic mass is 32.2. The van der Waals surface area contributed by atoms with Gasteiger partial charge in [-0.15, -0.1) is 0 Å². The molecule has 0 aromatic heterocycles. The van der Waals surface area contributed by atoms with Gasteiger partial charge < -0.3 is 4.43 Å². The highest BCUT2D eigenvalue weighted by Gasteiger charge is 2.39. The Morgan fingerprint density at radius 2 is 2.16 bits per heavy atom. The number of carbonyl (C=O) groups excluding carboxylic acids is 1. The number of thioether (sulfide) groups is 1. The fraction of sp³-hybridized carbons (Fsp3) is 0.857. The fourth-order valence-corrected chi connectivity index (χ4v) is 8.19. The molecule has 0 spiro atoms. The van der Waals surface area contributed by atoms with Crippen LogP contribution in [0.1, 0.15) is 66.2 Å². The van der Waals surface area contributed by atoms with E-state index in [4.69, 9.17) is 4.43 Å². The van der Waals surface area contributed by atoms with Crippen molar-refractivity contribution in [3.63, 3.8) is 0 Å². The first-order valence-electron chi connectivity index (χ1n) is 10.3. The average Bonchev–Trinajstić information content (AvgIpc) is 2.54. The number of Topliss-reactive ketones (excluding diaryl/α,β-unsaturated/α-hetero) is 1. The monoisotopic (exact) mass is 382 g/mol. The van der Waals surface area contributed by atoms with Crippen LogP contribution in [0.4, 0.5) is 0 Å². The van der Waals surface area contributed by atoms with E-state index in [-0.39, 0.29) is 11.3 Å². The van der Waals surface area contributed by atoms with Gasteiger partial charge in [-0.3, -0.25) is 4.79 Å². The highest BCUT2D eigenvalue weighted by molar-refractivity contribution is 7.99. The van der Waals surface area contributed by atoms with Gasteiger partial charge >= 0.3 is 0 Å². The zero-order valence-electron chi connectivity index (χ0n) is 16.8. The second-order valence-corrected chi connectivity index (χ2v) is 13.1. The van der Waals surface area contributed by atoms with Gasteiger partial charge in [-0.05, 0) is 48.4 Å². The molecule has 4 heteroatoms. The van der Waals surface area contributed by atoms with E-state index in [1.807, 2.05) is 11.8 Å². The molecular weight excluding hydrogens is 344 g/mol. The van der Waals surface area contributed by atoms with E-state index < -0.39 is 9.04 Å². The van der Waals surface area contributed by atoms with Crippen LogP contribution in [0.5, 0.6) is 0 Å². The fourth-order valence-electron chi connectivity index (χ4n) is 4.53. The number of hydrogen-bond acceptors (Lipinski definition) is 3. The normalized spacial score (nSPS) is 30.2. The molecule has 2 aliphatic rings. The summed E-state index contributed by atoms with van der Waals surface area (Å²) < 4.78 is 5.94. The van der Waals surface area contributed by atoms with E-state index in [0.717, 1.165) is 19.4 Å². The van der Waals surface area contributed by atoms with Gasteiger partial charge in [0.15, 0.2) is 9.04 Å². The van der Waals surface area contributed by atoms with Crippen LogP contribution in [0.25, 0.3) is 0 Å². The van der Waals surface area contributed by atoms with Gasteiger partial charge in [0.05, 0.1) is 0 Å². The lowest BCUT2D eigenvalue weighted by Crippen LogP contribution is -2.38. The molecule has 144 valence electrons. The molecule has 0 radical (unpaired) electrons.